The van der Waals surface area contributed by atoms with Gasteiger partial charge in [-0.25, -0.2) is 0 Å². The number of unbranched alkanes of at least 4 members (excludes halogenated alkanes) is 3. The molecule has 0 bridgehead atoms. The first-order valence-electron chi connectivity index (χ1n) is 7.20. The number of nitrogen functional groups attached to an aromatic ring is 1. The van der Waals surface area contributed by atoms with Crippen molar-refractivity contribution in [1.29, 1.82) is 0 Å². The lowest BCUT2D eigenvalue weighted by Gasteiger charge is -2.09. The predicted octanol–water partition coefficient (Wildman–Crippen LogP) is 3.29. The van der Waals surface area contributed by atoms with Crippen LogP contribution in [0, 0.1) is 23.8 Å². The van der Waals surface area contributed by atoms with Gasteiger partial charge in [0.1, 0.15) is 0 Å². The first-order chi connectivity index (χ1) is 9.72. The highest BCUT2D eigenvalue weighted by Gasteiger charge is 1.95. The minimum atomic E-state index is 0.839. The normalized spacial score (nSPS) is 9.10. The summed E-state index contributed by atoms with van der Waals surface area (Å²) in [4.78, 5) is 2.02. The molecule has 0 amide bonds. The summed E-state index contributed by atoms with van der Waals surface area (Å²) in [6, 6.07) is 11.2. The summed E-state index contributed by atoms with van der Waals surface area (Å²) in [5.41, 5.74) is 7.88. The van der Waals surface area contributed by atoms with Crippen molar-refractivity contribution in [3.05, 3.63) is 29.8 Å². The molecule has 2 heteroatoms. The van der Waals surface area contributed by atoms with E-state index in [0.29, 0.717) is 0 Å². The van der Waals surface area contributed by atoms with E-state index >= 15 is 0 Å². The van der Waals surface area contributed by atoms with Gasteiger partial charge < -0.3 is 10.6 Å². The lowest BCUT2D eigenvalue weighted by Crippen LogP contribution is -2.12. The fourth-order valence-electron chi connectivity index (χ4n) is 1.96. The molecule has 0 atom stereocenters. The minimum Gasteiger partial charge on any atom is -0.399 e. The van der Waals surface area contributed by atoms with Gasteiger partial charge in [-0.3, -0.25) is 0 Å². The number of hydrogen-bond acceptors (Lipinski definition) is 2. The predicted molar refractivity (Wildman–Crippen MR) is 86.9 cm³/mol. The Balaban J connectivity index is 2.06. The van der Waals surface area contributed by atoms with Crippen LogP contribution in [0.2, 0.25) is 0 Å². The molecule has 0 radical (unpaired) electrons. The molecule has 2 nitrogen and oxygen atoms in total. The van der Waals surface area contributed by atoms with Gasteiger partial charge in [-0.15, -0.1) is 0 Å². The zero-order chi connectivity index (χ0) is 14.6. The molecule has 0 saturated carbocycles. The quantitative estimate of drug-likeness (QED) is 0.356. The maximum Gasteiger partial charge on any atom is 0.0314 e. The molecule has 0 unspecified atom stereocenters. The third-order valence-corrected chi connectivity index (χ3v) is 3.12. The molecule has 20 heavy (non-hydrogen) atoms. The van der Waals surface area contributed by atoms with Crippen LogP contribution in [0.3, 0.4) is 0 Å². The van der Waals surface area contributed by atoms with E-state index in [2.05, 4.69) is 35.9 Å². The second-order valence-electron chi connectivity index (χ2n) is 4.94. The fourth-order valence-corrected chi connectivity index (χ4v) is 1.96. The summed E-state index contributed by atoms with van der Waals surface area (Å²) in [5.74, 6) is 8.34. The molecular formula is C18H24N2. The Hall–Kier alpha value is -2.06. The smallest absolute Gasteiger partial charge is 0.0314 e. The number of anilines is 1. The van der Waals surface area contributed by atoms with Crippen molar-refractivity contribution >= 4 is 5.69 Å². The molecule has 0 heterocycles. The molecule has 1 aromatic rings. The van der Waals surface area contributed by atoms with Gasteiger partial charge in [0.05, 0.1) is 0 Å². The molecule has 0 spiro atoms. The molecule has 0 aliphatic heterocycles. The summed E-state index contributed by atoms with van der Waals surface area (Å²) >= 11 is 0. The van der Waals surface area contributed by atoms with Gasteiger partial charge in [-0.1, -0.05) is 30.9 Å². The van der Waals surface area contributed by atoms with Gasteiger partial charge in [0, 0.05) is 31.2 Å². The van der Waals surface area contributed by atoms with Crippen LogP contribution in [0.25, 0.3) is 0 Å². The summed E-state index contributed by atoms with van der Waals surface area (Å²) in [7, 11) is 2.01. The van der Waals surface area contributed by atoms with Crippen LogP contribution in [0.1, 0.15) is 38.2 Å². The zero-order valence-electron chi connectivity index (χ0n) is 12.6. The number of hydrogen-bond donors (Lipinski definition) is 1. The van der Waals surface area contributed by atoms with Crippen molar-refractivity contribution in [1.82, 2.24) is 4.90 Å². The monoisotopic (exact) mass is 268 g/mol. The van der Waals surface area contributed by atoms with E-state index in [1.54, 1.807) is 6.92 Å². The van der Waals surface area contributed by atoms with Gasteiger partial charge in [-0.05, 0) is 49.8 Å². The van der Waals surface area contributed by atoms with Crippen molar-refractivity contribution in [3.63, 3.8) is 0 Å². The summed E-state index contributed by atoms with van der Waals surface area (Å²) in [6.45, 7) is 2.82. The molecule has 1 rings (SSSR count). The largest absolute Gasteiger partial charge is 0.399 e. The van der Waals surface area contributed by atoms with E-state index in [0.717, 1.165) is 18.7 Å². The fraction of sp³-hybridized carbons (Fsp3) is 0.444. The van der Waals surface area contributed by atoms with Crippen LogP contribution in [-0.4, -0.2) is 18.5 Å². The van der Waals surface area contributed by atoms with Crippen molar-refractivity contribution in [3.8, 4) is 23.8 Å². The molecule has 0 aliphatic rings. The highest BCUT2D eigenvalue weighted by Crippen LogP contribution is 2.10. The van der Waals surface area contributed by atoms with Crippen molar-refractivity contribution in [2.24, 2.45) is 0 Å². The van der Waals surface area contributed by atoms with Crippen LogP contribution in [-0.2, 0) is 6.42 Å². The van der Waals surface area contributed by atoms with Crippen molar-refractivity contribution < 1.29 is 0 Å². The summed E-state index contributed by atoms with van der Waals surface area (Å²) < 4.78 is 0. The third kappa shape index (κ3) is 7.39. The number of aryl methyl sites for hydroxylation is 1. The first-order valence-corrected chi connectivity index (χ1v) is 7.20. The van der Waals surface area contributed by atoms with E-state index in [-0.39, 0.29) is 0 Å². The second-order valence-corrected chi connectivity index (χ2v) is 4.94. The molecule has 0 saturated heterocycles. The van der Waals surface area contributed by atoms with E-state index in [9.17, 15) is 0 Å². The number of nitrogens with two attached hydrogens (primary N) is 1. The Kier molecular flexibility index (Phi) is 7.85. The maximum atomic E-state index is 5.67. The van der Waals surface area contributed by atoms with Crippen LogP contribution in [0.4, 0.5) is 5.69 Å². The Bertz CT molecular complexity index is 494. The molecule has 1 aromatic carbocycles. The Morgan fingerprint density at radius 2 is 1.70 bits per heavy atom. The maximum absolute atomic E-state index is 5.67. The van der Waals surface area contributed by atoms with Gasteiger partial charge in [0.2, 0.25) is 0 Å². The summed E-state index contributed by atoms with van der Waals surface area (Å²) in [5, 5.41) is 0. The molecule has 2 N–H and O–H groups in total. The Morgan fingerprint density at radius 1 is 1.00 bits per heavy atom. The van der Waals surface area contributed by atoms with E-state index in [1.165, 1.54) is 31.2 Å². The standard InChI is InChI=1S/C18H24N2/c1-3-4-8-15-20(2)16-9-6-5-7-10-17-11-13-18(19)14-12-17/h11-14H,5-7,9-10,16,19H2,1-2H3. The van der Waals surface area contributed by atoms with Gasteiger partial charge in [-0.2, -0.15) is 0 Å². The van der Waals surface area contributed by atoms with Crippen LogP contribution in [0.5, 0.6) is 0 Å². The summed E-state index contributed by atoms with van der Waals surface area (Å²) in [6.07, 6.45) is 6.08. The topological polar surface area (TPSA) is 29.3 Å². The third-order valence-electron chi connectivity index (χ3n) is 3.12. The SMILES string of the molecule is CC#CC#CN(C)CCCCCCc1ccc(N)cc1. The van der Waals surface area contributed by atoms with Gasteiger partial charge >= 0.3 is 0 Å². The minimum absolute atomic E-state index is 0.839. The average Bonchev–Trinajstić information content (AvgIpc) is 2.45. The molecule has 0 aromatic heterocycles. The zero-order valence-corrected chi connectivity index (χ0v) is 12.6. The van der Waals surface area contributed by atoms with E-state index in [4.69, 9.17) is 5.73 Å². The lowest BCUT2D eigenvalue weighted by atomic mass is 10.1. The van der Waals surface area contributed by atoms with E-state index < -0.39 is 0 Å². The van der Waals surface area contributed by atoms with Gasteiger partial charge in [0.15, 0.2) is 0 Å². The Labute approximate surface area is 123 Å². The second kappa shape index (κ2) is 9.82. The number of benzene rings is 1. The van der Waals surface area contributed by atoms with E-state index in [1.807, 2.05) is 24.1 Å². The van der Waals surface area contributed by atoms with Crippen LogP contribution in [0.15, 0.2) is 24.3 Å². The first kappa shape index (κ1) is 16.0. The molecular weight excluding hydrogens is 244 g/mol. The molecule has 0 aliphatic carbocycles. The number of nitrogens with zero attached hydrogens (tertiary/aromatic N) is 1. The van der Waals surface area contributed by atoms with Gasteiger partial charge in [0.25, 0.3) is 0 Å². The highest BCUT2D eigenvalue weighted by atomic mass is 15.1. The molecule has 106 valence electrons. The van der Waals surface area contributed by atoms with Crippen molar-refractivity contribution in [2.75, 3.05) is 19.3 Å². The number of rotatable bonds is 7. The lowest BCUT2D eigenvalue weighted by molar-refractivity contribution is 0.451. The van der Waals surface area contributed by atoms with Crippen LogP contribution < -0.4 is 5.73 Å². The molecule has 0 fully saturated rings. The Morgan fingerprint density at radius 3 is 2.40 bits per heavy atom. The average molecular weight is 268 g/mol. The highest BCUT2D eigenvalue weighted by molar-refractivity contribution is 5.39. The van der Waals surface area contributed by atoms with Crippen LogP contribution >= 0.6 is 0 Å². The van der Waals surface area contributed by atoms with Crippen molar-refractivity contribution in [2.45, 2.75) is 39.0 Å².